The standard InChI is InChI=1S/C17H19NOS/c19-16(12-15-8-4-11-20-15)18-13-17(9-5-10-17)14-6-2-1-3-7-14/h1-4,6-8,11H,5,9-10,12-13H2,(H,18,19). The van der Waals surface area contributed by atoms with Crippen LogP contribution in [0.1, 0.15) is 29.7 Å². The van der Waals surface area contributed by atoms with Crippen LogP contribution in [0.4, 0.5) is 0 Å². The van der Waals surface area contributed by atoms with E-state index in [1.165, 1.54) is 24.8 Å². The predicted molar refractivity (Wildman–Crippen MR) is 83.0 cm³/mol. The Labute approximate surface area is 123 Å². The molecule has 20 heavy (non-hydrogen) atoms. The van der Waals surface area contributed by atoms with Crippen molar-refractivity contribution >= 4 is 17.2 Å². The largest absolute Gasteiger partial charge is 0.355 e. The predicted octanol–water partition coefficient (Wildman–Crippen LogP) is 3.53. The van der Waals surface area contributed by atoms with Gasteiger partial charge in [0, 0.05) is 16.8 Å². The highest BCUT2D eigenvalue weighted by atomic mass is 32.1. The normalized spacial score (nSPS) is 16.4. The first-order valence-corrected chi connectivity index (χ1v) is 8.01. The van der Waals surface area contributed by atoms with E-state index in [1.807, 2.05) is 23.6 Å². The van der Waals surface area contributed by atoms with Crippen LogP contribution in [-0.4, -0.2) is 12.5 Å². The van der Waals surface area contributed by atoms with E-state index < -0.39 is 0 Å². The van der Waals surface area contributed by atoms with E-state index in [9.17, 15) is 4.79 Å². The van der Waals surface area contributed by atoms with Crippen molar-refractivity contribution in [1.29, 1.82) is 0 Å². The summed E-state index contributed by atoms with van der Waals surface area (Å²) >= 11 is 1.64. The molecule has 1 aliphatic rings. The Hall–Kier alpha value is -1.61. The van der Waals surface area contributed by atoms with Gasteiger partial charge in [-0.15, -0.1) is 11.3 Å². The molecule has 3 rings (SSSR count). The summed E-state index contributed by atoms with van der Waals surface area (Å²) in [6.45, 7) is 0.765. The lowest BCUT2D eigenvalue weighted by Gasteiger charge is -2.42. The maximum absolute atomic E-state index is 12.0. The van der Waals surface area contributed by atoms with Crippen LogP contribution in [0.15, 0.2) is 47.8 Å². The third-order valence-electron chi connectivity index (χ3n) is 4.24. The Morgan fingerprint density at radius 3 is 2.55 bits per heavy atom. The molecular formula is C17H19NOS. The van der Waals surface area contributed by atoms with Crippen molar-refractivity contribution < 1.29 is 4.79 Å². The molecule has 1 aromatic carbocycles. The van der Waals surface area contributed by atoms with Crippen molar-refractivity contribution in [3.8, 4) is 0 Å². The van der Waals surface area contributed by atoms with Crippen molar-refractivity contribution in [3.05, 3.63) is 58.3 Å². The SMILES string of the molecule is O=C(Cc1cccs1)NCC1(c2ccccc2)CCC1. The van der Waals surface area contributed by atoms with Gasteiger partial charge in [0.2, 0.25) is 5.91 Å². The van der Waals surface area contributed by atoms with Gasteiger partial charge in [-0.05, 0) is 29.9 Å². The van der Waals surface area contributed by atoms with Gasteiger partial charge in [0.05, 0.1) is 6.42 Å². The van der Waals surface area contributed by atoms with Gasteiger partial charge in [-0.25, -0.2) is 0 Å². The molecule has 2 aromatic rings. The molecule has 0 bridgehead atoms. The van der Waals surface area contributed by atoms with Crippen molar-refractivity contribution in [2.75, 3.05) is 6.54 Å². The first-order valence-electron chi connectivity index (χ1n) is 7.13. The number of carbonyl (C=O) groups excluding carboxylic acids is 1. The highest BCUT2D eigenvalue weighted by Crippen LogP contribution is 2.43. The minimum atomic E-state index is 0.134. The molecule has 0 saturated heterocycles. The van der Waals surface area contributed by atoms with E-state index in [-0.39, 0.29) is 11.3 Å². The number of carbonyl (C=O) groups is 1. The molecule has 0 spiro atoms. The number of hydrogen-bond donors (Lipinski definition) is 1. The van der Waals surface area contributed by atoms with Crippen LogP contribution in [0.5, 0.6) is 0 Å². The van der Waals surface area contributed by atoms with Gasteiger partial charge in [-0.3, -0.25) is 4.79 Å². The molecule has 1 saturated carbocycles. The highest BCUT2D eigenvalue weighted by Gasteiger charge is 2.38. The minimum Gasteiger partial charge on any atom is -0.355 e. The summed E-state index contributed by atoms with van der Waals surface area (Å²) in [6, 6.07) is 14.6. The number of benzene rings is 1. The summed E-state index contributed by atoms with van der Waals surface area (Å²) in [5.74, 6) is 0.134. The highest BCUT2D eigenvalue weighted by molar-refractivity contribution is 7.10. The Kier molecular flexibility index (Phi) is 3.88. The molecule has 3 heteroatoms. The van der Waals surface area contributed by atoms with Crippen LogP contribution >= 0.6 is 11.3 Å². The van der Waals surface area contributed by atoms with E-state index in [0.29, 0.717) is 6.42 Å². The minimum absolute atomic E-state index is 0.134. The Balaban J connectivity index is 1.60. The van der Waals surface area contributed by atoms with Crippen molar-refractivity contribution in [2.45, 2.75) is 31.1 Å². The smallest absolute Gasteiger partial charge is 0.225 e. The second kappa shape index (κ2) is 5.80. The third kappa shape index (κ3) is 2.78. The lowest BCUT2D eigenvalue weighted by atomic mass is 9.64. The number of thiophene rings is 1. The lowest BCUT2D eigenvalue weighted by molar-refractivity contribution is -0.120. The van der Waals surface area contributed by atoms with E-state index in [0.717, 1.165) is 11.4 Å². The van der Waals surface area contributed by atoms with Crippen LogP contribution in [0.25, 0.3) is 0 Å². The van der Waals surface area contributed by atoms with Crippen molar-refractivity contribution in [3.63, 3.8) is 0 Å². The zero-order valence-electron chi connectivity index (χ0n) is 11.5. The molecule has 1 aromatic heterocycles. The zero-order chi connectivity index (χ0) is 13.8. The summed E-state index contributed by atoms with van der Waals surface area (Å²) in [6.07, 6.45) is 4.12. The fourth-order valence-electron chi connectivity index (χ4n) is 2.86. The number of rotatable bonds is 5. The molecule has 2 nitrogen and oxygen atoms in total. The summed E-state index contributed by atoms with van der Waals surface area (Å²) in [7, 11) is 0. The third-order valence-corrected chi connectivity index (χ3v) is 5.11. The molecule has 1 heterocycles. The molecule has 1 N–H and O–H groups in total. The summed E-state index contributed by atoms with van der Waals surface area (Å²) < 4.78 is 0. The fraction of sp³-hybridized carbons (Fsp3) is 0.353. The molecule has 0 unspecified atom stereocenters. The molecular weight excluding hydrogens is 266 g/mol. The topological polar surface area (TPSA) is 29.1 Å². The van der Waals surface area contributed by atoms with Crippen LogP contribution in [0.2, 0.25) is 0 Å². The van der Waals surface area contributed by atoms with Crippen molar-refractivity contribution in [2.24, 2.45) is 0 Å². The quantitative estimate of drug-likeness (QED) is 0.894. The zero-order valence-corrected chi connectivity index (χ0v) is 12.3. The van der Waals surface area contributed by atoms with Gasteiger partial charge in [-0.2, -0.15) is 0 Å². The van der Waals surface area contributed by atoms with Gasteiger partial charge in [0.25, 0.3) is 0 Å². The van der Waals surface area contributed by atoms with E-state index in [1.54, 1.807) is 11.3 Å². The Morgan fingerprint density at radius 2 is 1.95 bits per heavy atom. The van der Waals surface area contributed by atoms with Crippen molar-refractivity contribution in [1.82, 2.24) is 5.32 Å². The number of amides is 1. The van der Waals surface area contributed by atoms with Crippen LogP contribution in [0.3, 0.4) is 0 Å². The Morgan fingerprint density at radius 1 is 1.15 bits per heavy atom. The maximum atomic E-state index is 12.0. The molecule has 1 fully saturated rings. The molecule has 1 amide bonds. The van der Waals surface area contributed by atoms with Crippen LogP contribution < -0.4 is 5.32 Å². The van der Waals surface area contributed by atoms with Gasteiger partial charge in [0.15, 0.2) is 0 Å². The number of hydrogen-bond acceptors (Lipinski definition) is 2. The fourth-order valence-corrected chi connectivity index (χ4v) is 3.57. The first kappa shape index (κ1) is 13.4. The molecule has 0 atom stereocenters. The monoisotopic (exact) mass is 285 g/mol. The van der Waals surface area contributed by atoms with Gasteiger partial charge in [-0.1, -0.05) is 42.8 Å². The van der Waals surface area contributed by atoms with Crippen LogP contribution in [0, 0.1) is 0 Å². The van der Waals surface area contributed by atoms with Gasteiger partial charge >= 0.3 is 0 Å². The van der Waals surface area contributed by atoms with E-state index >= 15 is 0 Å². The average molecular weight is 285 g/mol. The second-order valence-electron chi connectivity index (χ2n) is 5.53. The molecule has 104 valence electrons. The molecule has 0 radical (unpaired) electrons. The van der Waals surface area contributed by atoms with Gasteiger partial charge in [0.1, 0.15) is 0 Å². The first-order chi connectivity index (χ1) is 9.78. The number of nitrogens with one attached hydrogen (secondary N) is 1. The van der Waals surface area contributed by atoms with Gasteiger partial charge < -0.3 is 5.32 Å². The summed E-state index contributed by atoms with van der Waals surface area (Å²) in [5.41, 5.74) is 1.54. The van der Waals surface area contributed by atoms with Crippen LogP contribution in [-0.2, 0) is 16.6 Å². The van der Waals surface area contributed by atoms with E-state index in [4.69, 9.17) is 0 Å². The Bertz CT molecular complexity index is 558. The summed E-state index contributed by atoms with van der Waals surface area (Å²) in [4.78, 5) is 13.2. The molecule has 0 aliphatic heterocycles. The lowest BCUT2D eigenvalue weighted by Crippen LogP contribution is -2.45. The molecule has 1 aliphatic carbocycles. The van der Waals surface area contributed by atoms with E-state index in [2.05, 4.69) is 29.6 Å². The second-order valence-corrected chi connectivity index (χ2v) is 6.57. The average Bonchev–Trinajstić information content (AvgIpc) is 2.91. The maximum Gasteiger partial charge on any atom is 0.225 e. The summed E-state index contributed by atoms with van der Waals surface area (Å²) in [5, 5.41) is 5.14.